The Hall–Kier alpha value is -1.06. The van der Waals surface area contributed by atoms with E-state index in [-0.39, 0.29) is 5.97 Å². The minimum absolute atomic E-state index is 0.318. The molecule has 1 aliphatic rings. The maximum atomic E-state index is 10.9. The molecule has 1 heterocycles. The van der Waals surface area contributed by atoms with Crippen molar-refractivity contribution in [2.75, 3.05) is 6.61 Å². The first kappa shape index (κ1) is 9.03. The molecule has 68 valence electrons. The average molecular weight is 172 g/mol. The van der Waals surface area contributed by atoms with Crippen LogP contribution in [-0.2, 0) is 19.1 Å². The van der Waals surface area contributed by atoms with E-state index in [0.29, 0.717) is 19.4 Å². The van der Waals surface area contributed by atoms with E-state index < -0.39 is 12.1 Å². The Balaban J connectivity index is 2.30. The van der Waals surface area contributed by atoms with E-state index in [1.54, 1.807) is 0 Å². The number of esters is 2. The zero-order valence-corrected chi connectivity index (χ0v) is 7.04. The predicted octanol–water partition coefficient (Wildman–Crippen LogP) is 0.645. The topological polar surface area (TPSA) is 52.6 Å². The summed E-state index contributed by atoms with van der Waals surface area (Å²) in [5, 5.41) is 0. The highest BCUT2D eigenvalue weighted by Gasteiger charge is 2.29. The van der Waals surface area contributed by atoms with Gasteiger partial charge in [-0.05, 0) is 6.42 Å². The molecule has 0 aliphatic carbocycles. The molecule has 0 radical (unpaired) electrons. The lowest BCUT2D eigenvalue weighted by atomic mass is 10.3. The number of carbonyl (C=O) groups excluding carboxylic acids is 2. The summed E-state index contributed by atoms with van der Waals surface area (Å²) in [6, 6.07) is 0. The van der Waals surface area contributed by atoms with Crippen molar-refractivity contribution in [3.05, 3.63) is 0 Å². The quantitative estimate of drug-likeness (QED) is 0.586. The first-order chi connectivity index (χ1) is 5.74. The molecule has 1 aliphatic heterocycles. The lowest BCUT2D eigenvalue weighted by Gasteiger charge is -2.06. The number of hydrogen-bond acceptors (Lipinski definition) is 4. The third-order valence-electron chi connectivity index (χ3n) is 1.62. The first-order valence-corrected chi connectivity index (χ1v) is 4.10. The van der Waals surface area contributed by atoms with E-state index >= 15 is 0 Å². The van der Waals surface area contributed by atoms with Gasteiger partial charge in [0.05, 0.1) is 6.61 Å². The number of carbonyl (C=O) groups is 2. The van der Waals surface area contributed by atoms with Gasteiger partial charge in [0.25, 0.3) is 0 Å². The van der Waals surface area contributed by atoms with Crippen molar-refractivity contribution in [1.29, 1.82) is 0 Å². The van der Waals surface area contributed by atoms with Gasteiger partial charge in [-0.15, -0.1) is 0 Å². The number of cyclic esters (lactones) is 1. The lowest BCUT2D eigenvalue weighted by Crippen LogP contribution is -2.22. The zero-order chi connectivity index (χ0) is 8.97. The molecule has 1 fully saturated rings. The molecule has 0 saturated carbocycles. The van der Waals surface area contributed by atoms with Gasteiger partial charge in [-0.25, -0.2) is 4.79 Å². The fourth-order valence-electron chi connectivity index (χ4n) is 1.01. The van der Waals surface area contributed by atoms with Crippen molar-refractivity contribution in [1.82, 2.24) is 0 Å². The summed E-state index contributed by atoms with van der Waals surface area (Å²) in [5.74, 6) is -0.735. The van der Waals surface area contributed by atoms with E-state index in [0.717, 1.165) is 6.42 Å². The second-order valence-electron chi connectivity index (χ2n) is 2.68. The standard InChI is InChI=1S/C8H12O4/c1-2-3-7(9)12-6-4-5-11-8(6)10/h6H,2-5H2,1H3/t6-/m0/s1. The van der Waals surface area contributed by atoms with Gasteiger partial charge < -0.3 is 9.47 Å². The van der Waals surface area contributed by atoms with Gasteiger partial charge in [-0.1, -0.05) is 6.92 Å². The first-order valence-electron chi connectivity index (χ1n) is 4.10. The summed E-state index contributed by atoms with van der Waals surface area (Å²) in [5.41, 5.74) is 0. The third-order valence-corrected chi connectivity index (χ3v) is 1.62. The van der Waals surface area contributed by atoms with E-state index in [1.807, 2.05) is 6.92 Å². The van der Waals surface area contributed by atoms with E-state index in [9.17, 15) is 9.59 Å². The summed E-state index contributed by atoms with van der Waals surface area (Å²) in [6.07, 6.45) is 0.947. The third kappa shape index (κ3) is 2.22. The van der Waals surface area contributed by atoms with Crippen molar-refractivity contribution >= 4 is 11.9 Å². The Bertz CT molecular complexity index is 187. The highest BCUT2D eigenvalue weighted by Crippen LogP contribution is 2.11. The van der Waals surface area contributed by atoms with Gasteiger partial charge in [-0.3, -0.25) is 4.79 Å². The molecule has 0 unspecified atom stereocenters. The zero-order valence-electron chi connectivity index (χ0n) is 7.04. The highest BCUT2D eigenvalue weighted by atomic mass is 16.6. The number of rotatable bonds is 3. The van der Waals surface area contributed by atoms with Crippen LogP contribution in [0.2, 0.25) is 0 Å². The highest BCUT2D eigenvalue weighted by molar-refractivity contribution is 5.80. The molecule has 0 amide bonds. The predicted molar refractivity (Wildman–Crippen MR) is 40.4 cm³/mol. The molecular weight excluding hydrogens is 160 g/mol. The van der Waals surface area contributed by atoms with Gasteiger partial charge in [0.2, 0.25) is 6.10 Å². The SMILES string of the molecule is CCCC(=O)O[C@H]1CCOC1=O. The Labute approximate surface area is 70.8 Å². The van der Waals surface area contributed by atoms with Gasteiger partial charge in [0, 0.05) is 12.8 Å². The molecule has 0 aromatic carbocycles. The molecular formula is C8H12O4. The minimum Gasteiger partial charge on any atom is -0.463 e. The maximum Gasteiger partial charge on any atom is 0.347 e. The molecule has 4 nitrogen and oxygen atoms in total. The smallest absolute Gasteiger partial charge is 0.347 e. The van der Waals surface area contributed by atoms with Crippen LogP contribution in [-0.4, -0.2) is 24.6 Å². The van der Waals surface area contributed by atoms with Crippen LogP contribution in [0.4, 0.5) is 0 Å². The van der Waals surface area contributed by atoms with Gasteiger partial charge in [0.15, 0.2) is 0 Å². The van der Waals surface area contributed by atoms with E-state index in [1.165, 1.54) is 0 Å². The van der Waals surface area contributed by atoms with Crippen molar-refractivity contribution in [2.24, 2.45) is 0 Å². The minimum atomic E-state index is -0.649. The lowest BCUT2D eigenvalue weighted by molar-refractivity contribution is -0.160. The summed E-state index contributed by atoms with van der Waals surface area (Å²) in [7, 11) is 0. The van der Waals surface area contributed by atoms with Gasteiger partial charge >= 0.3 is 11.9 Å². The average Bonchev–Trinajstić information content (AvgIpc) is 2.37. The van der Waals surface area contributed by atoms with Crippen molar-refractivity contribution < 1.29 is 19.1 Å². The van der Waals surface area contributed by atoms with Crippen molar-refractivity contribution in [3.63, 3.8) is 0 Å². The molecule has 1 atom stereocenters. The van der Waals surface area contributed by atoms with Gasteiger partial charge in [-0.2, -0.15) is 0 Å². The fraction of sp³-hybridized carbons (Fsp3) is 0.750. The Morgan fingerprint density at radius 3 is 3.00 bits per heavy atom. The molecule has 4 heteroatoms. The fourth-order valence-corrected chi connectivity index (χ4v) is 1.01. The molecule has 0 aromatic rings. The number of hydrogen-bond donors (Lipinski definition) is 0. The van der Waals surface area contributed by atoms with Crippen LogP contribution < -0.4 is 0 Å². The Morgan fingerprint density at radius 2 is 2.50 bits per heavy atom. The van der Waals surface area contributed by atoms with Crippen molar-refractivity contribution in [3.8, 4) is 0 Å². The molecule has 0 N–H and O–H groups in total. The van der Waals surface area contributed by atoms with Gasteiger partial charge in [0.1, 0.15) is 0 Å². The molecule has 1 saturated heterocycles. The summed E-state index contributed by atoms with van der Waals surface area (Å²) >= 11 is 0. The second-order valence-corrected chi connectivity index (χ2v) is 2.68. The molecule has 12 heavy (non-hydrogen) atoms. The van der Waals surface area contributed by atoms with E-state index in [2.05, 4.69) is 4.74 Å². The Kier molecular flexibility index (Phi) is 3.08. The van der Waals surface area contributed by atoms with Crippen molar-refractivity contribution in [2.45, 2.75) is 32.3 Å². The summed E-state index contributed by atoms with van der Waals surface area (Å²) in [6.45, 7) is 2.25. The second kappa shape index (κ2) is 4.09. The van der Waals surface area contributed by atoms with Crippen LogP contribution in [0.5, 0.6) is 0 Å². The molecule has 0 bridgehead atoms. The van der Waals surface area contributed by atoms with Crippen LogP contribution in [0.1, 0.15) is 26.2 Å². The maximum absolute atomic E-state index is 10.9. The molecule has 0 aromatic heterocycles. The summed E-state index contributed by atoms with van der Waals surface area (Å²) < 4.78 is 9.48. The number of ether oxygens (including phenoxy) is 2. The molecule has 0 spiro atoms. The van der Waals surface area contributed by atoms with Crippen LogP contribution >= 0.6 is 0 Å². The Morgan fingerprint density at radius 1 is 1.75 bits per heavy atom. The summed E-state index contributed by atoms with van der Waals surface area (Å²) in [4.78, 5) is 21.7. The monoisotopic (exact) mass is 172 g/mol. The normalized spacial score (nSPS) is 22.1. The van der Waals surface area contributed by atoms with Crippen LogP contribution in [0.3, 0.4) is 0 Å². The van der Waals surface area contributed by atoms with E-state index in [4.69, 9.17) is 4.74 Å². The van der Waals surface area contributed by atoms with Crippen LogP contribution in [0, 0.1) is 0 Å². The largest absolute Gasteiger partial charge is 0.463 e. The van der Waals surface area contributed by atoms with Crippen LogP contribution in [0.15, 0.2) is 0 Å². The van der Waals surface area contributed by atoms with Crippen LogP contribution in [0.25, 0.3) is 0 Å². The molecule has 1 rings (SSSR count).